The topological polar surface area (TPSA) is 32.3 Å². The van der Waals surface area contributed by atoms with Gasteiger partial charge in [-0.3, -0.25) is 0 Å². The van der Waals surface area contributed by atoms with Crippen LogP contribution >= 0.6 is 0 Å². The highest BCUT2D eigenvalue weighted by atomic mass is 16.3. The molecule has 2 rings (SSSR count). The molecule has 17 heavy (non-hydrogen) atoms. The van der Waals surface area contributed by atoms with Gasteiger partial charge in [-0.2, -0.15) is 0 Å². The molecule has 0 aromatic heterocycles. The summed E-state index contributed by atoms with van der Waals surface area (Å²) in [6, 6.07) is 4.50. The Morgan fingerprint density at radius 2 is 1.82 bits per heavy atom. The highest BCUT2D eigenvalue weighted by Gasteiger charge is 2.21. The van der Waals surface area contributed by atoms with Gasteiger partial charge in [0.15, 0.2) is 0 Å². The second-order valence-electron chi connectivity index (χ2n) is 5.47. The molecular weight excluding hydrogens is 210 g/mol. The van der Waals surface area contributed by atoms with Crippen molar-refractivity contribution < 1.29 is 5.11 Å². The van der Waals surface area contributed by atoms with Gasteiger partial charge in [-0.25, -0.2) is 0 Å². The van der Waals surface area contributed by atoms with Crippen LogP contribution in [-0.2, 0) is 0 Å². The Morgan fingerprint density at radius 3 is 2.53 bits per heavy atom. The number of phenols is 1. The van der Waals surface area contributed by atoms with Crippen LogP contribution in [0.3, 0.4) is 0 Å². The number of aryl methyl sites for hydroxylation is 2. The van der Waals surface area contributed by atoms with Crippen molar-refractivity contribution in [2.24, 2.45) is 5.92 Å². The smallest absolute Gasteiger partial charge is 0.118 e. The standard InChI is InChI=1S/C15H23NO/c1-10-6-4-5-7-13(10)16-14-8-12(3)15(17)9-11(14)2/h8-10,13,16-17H,4-7H2,1-3H3. The molecule has 2 unspecified atom stereocenters. The summed E-state index contributed by atoms with van der Waals surface area (Å²) < 4.78 is 0. The van der Waals surface area contributed by atoms with E-state index in [1.165, 1.54) is 31.4 Å². The summed E-state index contributed by atoms with van der Waals surface area (Å²) in [5.41, 5.74) is 3.26. The Labute approximate surface area is 104 Å². The summed E-state index contributed by atoms with van der Waals surface area (Å²) in [7, 11) is 0. The van der Waals surface area contributed by atoms with E-state index in [1.807, 2.05) is 13.0 Å². The maximum Gasteiger partial charge on any atom is 0.118 e. The van der Waals surface area contributed by atoms with Gasteiger partial charge in [0.25, 0.3) is 0 Å². The first-order valence-corrected chi connectivity index (χ1v) is 6.64. The second-order valence-corrected chi connectivity index (χ2v) is 5.47. The van der Waals surface area contributed by atoms with E-state index in [4.69, 9.17) is 0 Å². The van der Waals surface area contributed by atoms with Crippen LogP contribution in [0.15, 0.2) is 12.1 Å². The lowest BCUT2D eigenvalue weighted by Crippen LogP contribution is -2.30. The maximum absolute atomic E-state index is 9.65. The number of phenolic OH excluding ortho intramolecular Hbond substituents is 1. The Hall–Kier alpha value is -1.18. The molecule has 0 saturated heterocycles. The average Bonchev–Trinajstić information content (AvgIpc) is 2.29. The second kappa shape index (κ2) is 4.99. The minimum Gasteiger partial charge on any atom is -0.508 e. The summed E-state index contributed by atoms with van der Waals surface area (Å²) >= 11 is 0. The summed E-state index contributed by atoms with van der Waals surface area (Å²) in [6.45, 7) is 6.33. The molecule has 1 aliphatic carbocycles. The van der Waals surface area contributed by atoms with E-state index >= 15 is 0 Å². The van der Waals surface area contributed by atoms with Crippen LogP contribution in [0.5, 0.6) is 5.75 Å². The van der Waals surface area contributed by atoms with Gasteiger partial charge in [0.2, 0.25) is 0 Å². The van der Waals surface area contributed by atoms with E-state index in [2.05, 4.69) is 25.2 Å². The first-order valence-electron chi connectivity index (χ1n) is 6.64. The molecule has 0 amide bonds. The van der Waals surface area contributed by atoms with E-state index in [-0.39, 0.29) is 0 Å². The summed E-state index contributed by atoms with van der Waals surface area (Å²) in [5.74, 6) is 1.14. The third-order valence-corrected chi connectivity index (χ3v) is 4.00. The van der Waals surface area contributed by atoms with Gasteiger partial charge in [0.05, 0.1) is 0 Å². The molecule has 1 fully saturated rings. The number of benzene rings is 1. The lowest BCUT2D eigenvalue weighted by molar-refractivity contribution is 0.349. The average molecular weight is 233 g/mol. The molecule has 1 saturated carbocycles. The monoisotopic (exact) mass is 233 g/mol. The van der Waals surface area contributed by atoms with Gasteiger partial charge in [0, 0.05) is 11.7 Å². The van der Waals surface area contributed by atoms with Crippen LogP contribution in [0.4, 0.5) is 5.69 Å². The SMILES string of the molecule is Cc1cc(NC2CCCCC2C)c(C)cc1O. The number of aromatic hydroxyl groups is 1. The molecule has 0 aliphatic heterocycles. The number of rotatable bonds is 2. The predicted molar refractivity (Wildman–Crippen MR) is 72.6 cm³/mol. The molecular formula is C15H23NO. The van der Waals surface area contributed by atoms with E-state index < -0.39 is 0 Å². The normalized spacial score (nSPS) is 24.6. The number of nitrogens with one attached hydrogen (secondary N) is 1. The molecule has 0 radical (unpaired) electrons. The molecule has 1 aromatic rings. The van der Waals surface area contributed by atoms with Crippen LogP contribution in [0.25, 0.3) is 0 Å². The number of hydrogen-bond donors (Lipinski definition) is 2. The summed E-state index contributed by atoms with van der Waals surface area (Å²) in [4.78, 5) is 0. The first-order chi connectivity index (χ1) is 8.08. The highest BCUT2D eigenvalue weighted by Crippen LogP contribution is 2.30. The van der Waals surface area contributed by atoms with Crippen molar-refractivity contribution in [2.45, 2.75) is 52.5 Å². The van der Waals surface area contributed by atoms with Crippen molar-refractivity contribution in [1.29, 1.82) is 0 Å². The minimum absolute atomic E-state index is 0.393. The van der Waals surface area contributed by atoms with Crippen LogP contribution in [0.2, 0.25) is 0 Å². The summed E-state index contributed by atoms with van der Waals surface area (Å²) in [5, 5.41) is 13.3. The van der Waals surface area contributed by atoms with Crippen LogP contribution in [0.1, 0.15) is 43.7 Å². The van der Waals surface area contributed by atoms with E-state index in [9.17, 15) is 5.11 Å². The van der Waals surface area contributed by atoms with Crippen LogP contribution < -0.4 is 5.32 Å². The molecule has 2 N–H and O–H groups in total. The Balaban J connectivity index is 2.15. The van der Waals surface area contributed by atoms with Gasteiger partial charge in [-0.15, -0.1) is 0 Å². The zero-order valence-corrected chi connectivity index (χ0v) is 11.1. The number of anilines is 1. The molecule has 1 aliphatic rings. The molecule has 0 spiro atoms. The van der Waals surface area contributed by atoms with Crippen molar-refractivity contribution in [2.75, 3.05) is 5.32 Å². The zero-order chi connectivity index (χ0) is 12.4. The van der Waals surface area contributed by atoms with Gasteiger partial charge >= 0.3 is 0 Å². The first kappa shape index (κ1) is 12.3. The predicted octanol–water partition coefficient (Wildman–Crippen LogP) is 4.00. The largest absolute Gasteiger partial charge is 0.508 e. The fourth-order valence-corrected chi connectivity index (χ4v) is 2.69. The van der Waals surface area contributed by atoms with Crippen molar-refractivity contribution in [1.82, 2.24) is 0 Å². The molecule has 0 heterocycles. The Kier molecular flexibility index (Phi) is 3.60. The van der Waals surface area contributed by atoms with Crippen LogP contribution in [0, 0.1) is 19.8 Å². The quantitative estimate of drug-likeness (QED) is 0.757. The van der Waals surface area contributed by atoms with Crippen LogP contribution in [-0.4, -0.2) is 11.1 Å². The molecule has 0 bridgehead atoms. The zero-order valence-electron chi connectivity index (χ0n) is 11.1. The van der Waals surface area contributed by atoms with Gasteiger partial charge < -0.3 is 10.4 Å². The third-order valence-electron chi connectivity index (χ3n) is 4.00. The van der Waals surface area contributed by atoms with E-state index in [1.54, 1.807) is 0 Å². The molecule has 94 valence electrons. The van der Waals surface area contributed by atoms with Crippen molar-refractivity contribution >= 4 is 5.69 Å². The Bertz CT molecular complexity index is 400. The lowest BCUT2D eigenvalue weighted by atomic mass is 9.85. The van der Waals surface area contributed by atoms with E-state index in [0.29, 0.717) is 11.8 Å². The van der Waals surface area contributed by atoms with Crippen molar-refractivity contribution in [3.05, 3.63) is 23.3 Å². The maximum atomic E-state index is 9.65. The van der Waals surface area contributed by atoms with Gasteiger partial charge in [-0.1, -0.05) is 19.8 Å². The third kappa shape index (κ3) is 2.74. The number of hydrogen-bond acceptors (Lipinski definition) is 2. The Morgan fingerprint density at radius 1 is 1.12 bits per heavy atom. The molecule has 2 nitrogen and oxygen atoms in total. The highest BCUT2D eigenvalue weighted by molar-refractivity contribution is 5.57. The summed E-state index contributed by atoms with van der Waals surface area (Å²) in [6.07, 6.45) is 5.29. The van der Waals surface area contributed by atoms with Crippen molar-refractivity contribution in [3.8, 4) is 5.75 Å². The van der Waals surface area contributed by atoms with Gasteiger partial charge in [-0.05, 0) is 55.9 Å². The molecule has 2 atom stereocenters. The lowest BCUT2D eigenvalue weighted by Gasteiger charge is -2.31. The fourth-order valence-electron chi connectivity index (χ4n) is 2.69. The molecule has 2 heteroatoms. The van der Waals surface area contributed by atoms with Crippen molar-refractivity contribution in [3.63, 3.8) is 0 Å². The van der Waals surface area contributed by atoms with Gasteiger partial charge in [0.1, 0.15) is 5.75 Å². The molecule has 1 aromatic carbocycles. The van der Waals surface area contributed by atoms with E-state index in [0.717, 1.165) is 17.0 Å². The fraction of sp³-hybridized carbons (Fsp3) is 0.600. The minimum atomic E-state index is 0.393.